The third-order valence-corrected chi connectivity index (χ3v) is 2.44. The molecule has 1 atom stereocenters. The van der Waals surface area contributed by atoms with Crippen molar-refractivity contribution in [1.29, 1.82) is 0 Å². The summed E-state index contributed by atoms with van der Waals surface area (Å²) in [6.45, 7) is 5.10. The lowest BCUT2D eigenvalue weighted by atomic mass is 10.1. The highest BCUT2D eigenvalue weighted by Gasteiger charge is 2.25. The maximum Gasteiger partial charge on any atom is 0.319 e. The molecule has 1 unspecified atom stereocenters. The summed E-state index contributed by atoms with van der Waals surface area (Å²) >= 11 is 0. The quantitative estimate of drug-likeness (QED) is 0.675. The lowest BCUT2D eigenvalue weighted by Crippen LogP contribution is -2.25. The Balaban J connectivity index is 4.00. The van der Waals surface area contributed by atoms with E-state index in [0.717, 1.165) is 0 Å². The predicted octanol–water partition coefficient (Wildman–Crippen LogP) is 1.68. The Kier molecular flexibility index (Phi) is 5.21. The zero-order valence-corrected chi connectivity index (χ0v) is 8.99. The highest BCUT2D eigenvalue weighted by atomic mass is 31.1. The van der Waals surface area contributed by atoms with Crippen LogP contribution in [0, 0.1) is 0 Å². The molecule has 0 rings (SSSR count). The van der Waals surface area contributed by atoms with E-state index in [4.69, 9.17) is 14.2 Å². The summed E-state index contributed by atoms with van der Waals surface area (Å²) in [6, 6.07) is 0. The Labute approximate surface area is 78.0 Å². The molecule has 0 saturated heterocycles. The van der Waals surface area contributed by atoms with Crippen molar-refractivity contribution >= 4 is 14.2 Å². The van der Waals surface area contributed by atoms with Gasteiger partial charge in [0.1, 0.15) is 0 Å². The SMILES string of the molecule is CCO[PH](=O)OC(C)(C)CC(=O)O. The molecule has 0 fully saturated rings. The number of hydrogen-bond donors (Lipinski definition) is 1. The van der Waals surface area contributed by atoms with E-state index in [2.05, 4.69) is 0 Å². The summed E-state index contributed by atoms with van der Waals surface area (Å²) in [5, 5.41) is 8.48. The van der Waals surface area contributed by atoms with Crippen LogP contribution in [-0.2, 0) is 18.4 Å². The van der Waals surface area contributed by atoms with E-state index in [-0.39, 0.29) is 6.42 Å². The Bertz CT molecular complexity index is 201. The summed E-state index contributed by atoms with van der Waals surface area (Å²) in [7, 11) is -2.56. The fraction of sp³-hybridized carbons (Fsp3) is 0.857. The first-order valence-electron chi connectivity index (χ1n) is 3.95. The van der Waals surface area contributed by atoms with Crippen LogP contribution in [0.15, 0.2) is 0 Å². The molecule has 0 bridgehead atoms. The van der Waals surface area contributed by atoms with Crippen LogP contribution in [0.4, 0.5) is 0 Å². The van der Waals surface area contributed by atoms with Crippen LogP contribution in [-0.4, -0.2) is 23.3 Å². The summed E-state index contributed by atoms with van der Waals surface area (Å²) in [4.78, 5) is 10.3. The molecular weight excluding hydrogens is 195 g/mol. The average molecular weight is 210 g/mol. The minimum atomic E-state index is -2.56. The summed E-state index contributed by atoms with van der Waals surface area (Å²) in [5.41, 5.74) is -0.947. The summed E-state index contributed by atoms with van der Waals surface area (Å²) in [6.07, 6.45) is -0.198. The second kappa shape index (κ2) is 5.37. The van der Waals surface area contributed by atoms with E-state index in [1.54, 1.807) is 20.8 Å². The second-order valence-electron chi connectivity index (χ2n) is 3.12. The van der Waals surface area contributed by atoms with Crippen molar-refractivity contribution in [3.8, 4) is 0 Å². The second-order valence-corrected chi connectivity index (χ2v) is 4.11. The van der Waals surface area contributed by atoms with E-state index in [0.29, 0.717) is 6.61 Å². The van der Waals surface area contributed by atoms with Crippen molar-refractivity contribution in [3.05, 3.63) is 0 Å². The van der Waals surface area contributed by atoms with Gasteiger partial charge in [0.2, 0.25) is 0 Å². The molecule has 78 valence electrons. The van der Waals surface area contributed by atoms with Gasteiger partial charge in [0.25, 0.3) is 0 Å². The first-order chi connectivity index (χ1) is 5.87. The molecule has 0 aromatic rings. The summed E-state index contributed by atoms with van der Waals surface area (Å²) < 4.78 is 20.6. The summed E-state index contributed by atoms with van der Waals surface area (Å²) in [5.74, 6) is -0.990. The molecule has 0 aromatic heterocycles. The van der Waals surface area contributed by atoms with Crippen molar-refractivity contribution in [2.75, 3.05) is 6.61 Å². The molecule has 0 amide bonds. The molecule has 0 aromatic carbocycles. The van der Waals surface area contributed by atoms with Crippen molar-refractivity contribution < 1.29 is 23.5 Å². The van der Waals surface area contributed by atoms with Gasteiger partial charge in [-0.2, -0.15) is 0 Å². The van der Waals surface area contributed by atoms with Gasteiger partial charge in [-0.05, 0) is 20.8 Å². The largest absolute Gasteiger partial charge is 0.481 e. The third-order valence-electron chi connectivity index (χ3n) is 1.20. The van der Waals surface area contributed by atoms with Gasteiger partial charge in [0.05, 0.1) is 18.6 Å². The van der Waals surface area contributed by atoms with Crippen LogP contribution in [0.2, 0.25) is 0 Å². The minimum Gasteiger partial charge on any atom is -0.481 e. The number of carbonyl (C=O) groups is 1. The van der Waals surface area contributed by atoms with Gasteiger partial charge in [-0.25, -0.2) is 0 Å². The first-order valence-corrected chi connectivity index (χ1v) is 5.17. The zero-order chi connectivity index (χ0) is 10.5. The van der Waals surface area contributed by atoms with Crippen molar-refractivity contribution in [2.45, 2.75) is 32.8 Å². The number of carboxylic acid groups (broad SMARTS) is 1. The molecule has 0 saturated carbocycles. The third kappa shape index (κ3) is 6.75. The molecule has 0 spiro atoms. The Morgan fingerprint density at radius 3 is 2.46 bits per heavy atom. The van der Waals surface area contributed by atoms with Gasteiger partial charge < -0.3 is 14.2 Å². The molecule has 0 aliphatic carbocycles. The highest BCUT2D eigenvalue weighted by Crippen LogP contribution is 2.32. The first kappa shape index (κ1) is 12.6. The van der Waals surface area contributed by atoms with Crippen LogP contribution in [0.5, 0.6) is 0 Å². The van der Waals surface area contributed by atoms with E-state index >= 15 is 0 Å². The normalized spacial score (nSPS) is 14.1. The molecule has 13 heavy (non-hydrogen) atoms. The van der Waals surface area contributed by atoms with E-state index in [9.17, 15) is 9.36 Å². The molecular formula is C7H15O5P. The standard InChI is InChI=1S/C7H15O5P/c1-4-11-13(10)12-7(2,3)5-6(8)9/h13H,4-5H2,1-3H3,(H,8,9). The van der Waals surface area contributed by atoms with Crippen LogP contribution < -0.4 is 0 Å². The fourth-order valence-electron chi connectivity index (χ4n) is 0.773. The fourth-order valence-corrected chi connectivity index (χ4v) is 1.59. The van der Waals surface area contributed by atoms with Crippen LogP contribution in [0.1, 0.15) is 27.2 Å². The van der Waals surface area contributed by atoms with Crippen LogP contribution >= 0.6 is 8.25 Å². The number of hydrogen-bond acceptors (Lipinski definition) is 4. The average Bonchev–Trinajstić information content (AvgIpc) is 1.81. The number of aliphatic carboxylic acids is 1. The monoisotopic (exact) mass is 210 g/mol. The molecule has 0 aliphatic rings. The topological polar surface area (TPSA) is 72.8 Å². The molecule has 0 aliphatic heterocycles. The van der Waals surface area contributed by atoms with E-state index in [1.807, 2.05) is 0 Å². The number of carboxylic acids is 1. The van der Waals surface area contributed by atoms with Gasteiger partial charge in [0, 0.05) is 0 Å². The lowest BCUT2D eigenvalue weighted by Gasteiger charge is -2.21. The molecule has 1 N–H and O–H groups in total. The predicted molar refractivity (Wildman–Crippen MR) is 48.0 cm³/mol. The van der Waals surface area contributed by atoms with Gasteiger partial charge >= 0.3 is 14.2 Å². The van der Waals surface area contributed by atoms with Crippen LogP contribution in [0.25, 0.3) is 0 Å². The van der Waals surface area contributed by atoms with E-state index < -0.39 is 19.8 Å². The van der Waals surface area contributed by atoms with Crippen molar-refractivity contribution in [2.24, 2.45) is 0 Å². The van der Waals surface area contributed by atoms with Gasteiger partial charge in [-0.1, -0.05) is 0 Å². The Morgan fingerprint density at radius 1 is 1.54 bits per heavy atom. The van der Waals surface area contributed by atoms with Crippen molar-refractivity contribution in [1.82, 2.24) is 0 Å². The lowest BCUT2D eigenvalue weighted by molar-refractivity contribution is -0.140. The maximum absolute atomic E-state index is 11.0. The molecule has 6 heteroatoms. The Morgan fingerprint density at radius 2 is 2.08 bits per heavy atom. The van der Waals surface area contributed by atoms with Gasteiger partial charge in [-0.3, -0.25) is 9.36 Å². The minimum absolute atomic E-state index is 0.198. The maximum atomic E-state index is 11.0. The molecule has 0 heterocycles. The smallest absolute Gasteiger partial charge is 0.319 e. The Hall–Kier alpha value is -0.380. The van der Waals surface area contributed by atoms with Crippen LogP contribution in [0.3, 0.4) is 0 Å². The molecule has 5 nitrogen and oxygen atoms in total. The van der Waals surface area contributed by atoms with Crippen molar-refractivity contribution in [3.63, 3.8) is 0 Å². The highest BCUT2D eigenvalue weighted by molar-refractivity contribution is 7.33. The van der Waals surface area contributed by atoms with E-state index in [1.165, 1.54) is 0 Å². The molecule has 0 radical (unpaired) electrons. The number of rotatable bonds is 6. The van der Waals surface area contributed by atoms with Gasteiger partial charge in [-0.15, -0.1) is 0 Å². The van der Waals surface area contributed by atoms with Gasteiger partial charge in [0.15, 0.2) is 0 Å². The zero-order valence-electron chi connectivity index (χ0n) is 7.99.